The van der Waals surface area contributed by atoms with E-state index in [1.807, 2.05) is 0 Å². The molecule has 1 aliphatic heterocycles. The normalized spacial score (nSPS) is 18.6. The van der Waals surface area contributed by atoms with Gasteiger partial charge in [0, 0.05) is 32.2 Å². The van der Waals surface area contributed by atoms with Gasteiger partial charge >= 0.3 is 0 Å². The Morgan fingerprint density at radius 3 is 2.30 bits per heavy atom. The second-order valence-electron chi connectivity index (χ2n) is 5.25. The SMILES string of the molecule is CC(C)N1CCN(S(=O)(=O)c2ccc(O)c(N)c2)CC1. The van der Waals surface area contributed by atoms with Gasteiger partial charge in [-0.25, -0.2) is 8.42 Å². The molecule has 1 saturated heterocycles. The molecule has 7 heteroatoms. The summed E-state index contributed by atoms with van der Waals surface area (Å²) in [6.07, 6.45) is 0. The highest BCUT2D eigenvalue weighted by atomic mass is 32.2. The summed E-state index contributed by atoms with van der Waals surface area (Å²) in [7, 11) is -3.53. The first kappa shape index (κ1) is 15.1. The molecule has 2 rings (SSSR count). The molecule has 0 radical (unpaired) electrons. The number of rotatable bonds is 3. The van der Waals surface area contributed by atoms with Crippen LogP contribution in [-0.4, -0.2) is 55.0 Å². The van der Waals surface area contributed by atoms with E-state index in [1.54, 1.807) is 0 Å². The molecule has 0 aliphatic carbocycles. The summed E-state index contributed by atoms with van der Waals surface area (Å²) < 4.78 is 26.5. The first-order valence-corrected chi connectivity index (χ1v) is 8.09. The number of anilines is 1. The topological polar surface area (TPSA) is 86.9 Å². The van der Waals surface area contributed by atoms with Gasteiger partial charge in [-0.05, 0) is 32.0 Å². The Bertz CT molecular complexity index is 579. The second kappa shape index (κ2) is 5.59. The van der Waals surface area contributed by atoms with Crippen LogP contribution >= 0.6 is 0 Å². The van der Waals surface area contributed by atoms with Gasteiger partial charge in [-0.2, -0.15) is 4.31 Å². The summed E-state index contributed by atoms with van der Waals surface area (Å²) in [5.41, 5.74) is 5.64. The van der Waals surface area contributed by atoms with Gasteiger partial charge in [0.15, 0.2) is 0 Å². The highest BCUT2D eigenvalue weighted by Crippen LogP contribution is 2.25. The third-order valence-electron chi connectivity index (χ3n) is 3.64. The van der Waals surface area contributed by atoms with E-state index in [0.29, 0.717) is 19.1 Å². The Morgan fingerprint density at radius 1 is 1.20 bits per heavy atom. The minimum absolute atomic E-state index is 0.0758. The summed E-state index contributed by atoms with van der Waals surface area (Å²) in [6, 6.07) is 4.42. The maximum absolute atomic E-state index is 12.5. The lowest BCUT2D eigenvalue weighted by molar-refractivity contribution is 0.154. The summed E-state index contributed by atoms with van der Waals surface area (Å²) in [5, 5.41) is 9.38. The van der Waals surface area contributed by atoms with Crippen molar-refractivity contribution in [2.45, 2.75) is 24.8 Å². The Kier molecular flexibility index (Phi) is 4.22. The fraction of sp³-hybridized carbons (Fsp3) is 0.538. The highest BCUT2D eigenvalue weighted by Gasteiger charge is 2.29. The van der Waals surface area contributed by atoms with E-state index in [-0.39, 0.29) is 16.3 Å². The summed E-state index contributed by atoms with van der Waals surface area (Å²) >= 11 is 0. The van der Waals surface area contributed by atoms with Gasteiger partial charge in [0.25, 0.3) is 0 Å². The van der Waals surface area contributed by atoms with Gasteiger partial charge < -0.3 is 10.8 Å². The lowest BCUT2D eigenvalue weighted by Gasteiger charge is -2.36. The van der Waals surface area contributed by atoms with Crippen LogP contribution in [0.15, 0.2) is 23.1 Å². The van der Waals surface area contributed by atoms with Gasteiger partial charge in [0.05, 0.1) is 10.6 Å². The molecule has 1 aliphatic rings. The zero-order valence-corrected chi connectivity index (χ0v) is 12.6. The van der Waals surface area contributed by atoms with Crippen LogP contribution in [0, 0.1) is 0 Å². The number of nitrogen functional groups attached to an aromatic ring is 1. The zero-order valence-electron chi connectivity index (χ0n) is 11.8. The van der Waals surface area contributed by atoms with Crippen LogP contribution in [0.25, 0.3) is 0 Å². The second-order valence-corrected chi connectivity index (χ2v) is 7.19. The number of nitrogens with two attached hydrogens (primary N) is 1. The number of piperazine rings is 1. The predicted octanol–water partition coefficient (Wildman–Crippen LogP) is 0.689. The van der Waals surface area contributed by atoms with Crippen LogP contribution in [0.2, 0.25) is 0 Å². The number of phenols is 1. The molecule has 0 bridgehead atoms. The number of aromatic hydroxyl groups is 1. The van der Waals surface area contributed by atoms with Crippen LogP contribution < -0.4 is 5.73 Å². The number of phenolic OH excluding ortho intramolecular Hbond substituents is 1. The maximum Gasteiger partial charge on any atom is 0.243 e. The minimum Gasteiger partial charge on any atom is -0.506 e. The van der Waals surface area contributed by atoms with Gasteiger partial charge in [0.1, 0.15) is 5.75 Å². The molecule has 112 valence electrons. The fourth-order valence-electron chi connectivity index (χ4n) is 2.30. The minimum atomic E-state index is -3.53. The molecule has 1 aromatic rings. The molecule has 0 saturated carbocycles. The zero-order chi connectivity index (χ0) is 14.9. The van der Waals surface area contributed by atoms with Crippen molar-refractivity contribution in [3.8, 4) is 5.75 Å². The molecular formula is C13H21N3O3S. The number of nitrogens with zero attached hydrogens (tertiary/aromatic N) is 2. The molecule has 0 unspecified atom stereocenters. The lowest BCUT2D eigenvalue weighted by atomic mass is 10.3. The Balaban J connectivity index is 2.17. The van der Waals surface area contributed by atoms with Crippen LogP contribution in [0.4, 0.5) is 5.69 Å². The van der Waals surface area contributed by atoms with E-state index in [0.717, 1.165) is 13.1 Å². The van der Waals surface area contributed by atoms with E-state index in [1.165, 1.54) is 22.5 Å². The number of benzene rings is 1. The monoisotopic (exact) mass is 299 g/mol. The van der Waals surface area contributed by atoms with Crippen molar-refractivity contribution in [3.05, 3.63) is 18.2 Å². The van der Waals surface area contributed by atoms with Gasteiger partial charge in [-0.15, -0.1) is 0 Å². The first-order valence-electron chi connectivity index (χ1n) is 6.65. The smallest absolute Gasteiger partial charge is 0.243 e. The molecule has 3 N–H and O–H groups in total. The molecule has 0 aromatic heterocycles. The average Bonchev–Trinajstić information content (AvgIpc) is 2.41. The van der Waals surface area contributed by atoms with E-state index in [4.69, 9.17) is 5.73 Å². The van der Waals surface area contributed by atoms with E-state index >= 15 is 0 Å². The molecule has 0 spiro atoms. The van der Waals surface area contributed by atoms with Crippen molar-refractivity contribution in [3.63, 3.8) is 0 Å². The Hall–Kier alpha value is -1.31. The third kappa shape index (κ3) is 2.89. The predicted molar refractivity (Wildman–Crippen MR) is 78.0 cm³/mol. The number of sulfonamides is 1. The number of hydrogen-bond donors (Lipinski definition) is 2. The van der Waals surface area contributed by atoms with Crippen molar-refractivity contribution >= 4 is 15.7 Å². The molecule has 20 heavy (non-hydrogen) atoms. The highest BCUT2D eigenvalue weighted by molar-refractivity contribution is 7.89. The molecule has 0 amide bonds. The van der Waals surface area contributed by atoms with Crippen molar-refractivity contribution in [2.24, 2.45) is 0 Å². The molecule has 1 heterocycles. The van der Waals surface area contributed by atoms with E-state index < -0.39 is 10.0 Å². The molecular weight excluding hydrogens is 278 g/mol. The lowest BCUT2D eigenvalue weighted by Crippen LogP contribution is -2.50. The van der Waals surface area contributed by atoms with Crippen LogP contribution in [0.5, 0.6) is 5.75 Å². The number of hydrogen-bond acceptors (Lipinski definition) is 5. The van der Waals surface area contributed by atoms with Gasteiger partial charge in [0.2, 0.25) is 10.0 Å². The molecule has 6 nitrogen and oxygen atoms in total. The molecule has 1 aromatic carbocycles. The molecule has 1 fully saturated rings. The standard InChI is InChI=1S/C13H21N3O3S/c1-10(2)15-5-7-16(8-6-15)20(18,19)11-3-4-13(17)12(14)9-11/h3-4,9-10,17H,5-8,14H2,1-2H3. The summed E-state index contributed by atoms with van der Waals surface area (Å²) in [6.45, 7) is 6.60. The summed E-state index contributed by atoms with van der Waals surface area (Å²) in [4.78, 5) is 2.38. The molecule has 0 atom stereocenters. The summed E-state index contributed by atoms with van der Waals surface area (Å²) in [5.74, 6) is -0.103. The van der Waals surface area contributed by atoms with E-state index in [9.17, 15) is 13.5 Å². The average molecular weight is 299 g/mol. The van der Waals surface area contributed by atoms with Crippen molar-refractivity contribution < 1.29 is 13.5 Å². The fourth-order valence-corrected chi connectivity index (χ4v) is 3.76. The van der Waals surface area contributed by atoms with Crippen LogP contribution in [-0.2, 0) is 10.0 Å². The van der Waals surface area contributed by atoms with E-state index in [2.05, 4.69) is 18.7 Å². The largest absolute Gasteiger partial charge is 0.506 e. The Labute approximate surface area is 119 Å². The third-order valence-corrected chi connectivity index (χ3v) is 5.53. The maximum atomic E-state index is 12.5. The van der Waals surface area contributed by atoms with Gasteiger partial charge in [-0.1, -0.05) is 0 Å². The quantitative estimate of drug-likeness (QED) is 0.633. The van der Waals surface area contributed by atoms with Crippen molar-refractivity contribution in [2.75, 3.05) is 31.9 Å². The van der Waals surface area contributed by atoms with Crippen LogP contribution in [0.1, 0.15) is 13.8 Å². The Morgan fingerprint density at radius 2 is 1.80 bits per heavy atom. The first-order chi connectivity index (χ1) is 9.32. The van der Waals surface area contributed by atoms with Crippen molar-refractivity contribution in [1.82, 2.24) is 9.21 Å². The van der Waals surface area contributed by atoms with Crippen LogP contribution in [0.3, 0.4) is 0 Å². The van der Waals surface area contributed by atoms with Crippen molar-refractivity contribution in [1.29, 1.82) is 0 Å². The van der Waals surface area contributed by atoms with Gasteiger partial charge in [-0.3, -0.25) is 4.90 Å².